The van der Waals surface area contributed by atoms with E-state index >= 15 is 0 Å². The molecule has 0 atom stereocenters. The number of methoxy groups -OCH3 is 1. The van der Waals surface area contributed by atoms with Crippen LogP contribution in [0.2, 0.25) is 0 Å². The van der Waals surface area contributed by atoms with E-state index in [1.807, 2.05) is 43.3 Å². The van der Waals surface area contributed by atoms with Gasteiger partial charge in [0.15, 0.2) is 11.5 Å². The number of carbonyl (C=O) groups is 3. The van der Waals surface area contributed by atoms with E-state index in [-0.39, 0.29) is 11.7 Å². The van der Waals surface area contributed by atoms with Gasteiger partial charge >= 0.3 is 11.9 Å². The number of Topliss-reactive ketones (excluding diaryl/α,β-unsaturated/α-hetero) is 1. The van der Waals surface area contributed by atoms with Crippen molar-refractivity contribution in [2.45, 2.75) is 20.4 Å². The number of fused-ring (bicyclic) bond motifs is 5. The van der Waals surface area contributed by atoms with E-state index in [9.17, 15) is 14.4 Å². The van der Waals surface area contributed by atoms with Crippen molar-refractivity contribution in [3.8, 4) is 5.75 Å². The third-order valence-corrected chi connectivity index (χ3v) is 6.05. The minimum atomic E-state index is -0.662. The molecule has 0 bridgehead atoms. The molecular weight excluding hydrogens is 448 g/mol. The van der Waals surface area contributed by atoms with Gasteiger partial charge in [0.2, 0.25) is 0 Å². The standard InChI is InChI=1S/C27H22N2O6/c1-15-6-4-5-7-18(15)24(31)17-8-10-21-20(14-17)23-22(29(21)12-13-33-3)11-9-19-25(32)27(34-26(19)23)28-35-16(2)30/h4-11,14H,12-13H2,1-3H3/b28-27-. The monoisotopic (exact) mass is 470 g/mol. The zero-order chi connectivity index (χ0) is 24.7. The van der Waals surface area contributed by atoms with Gasteiger partial charge in [-0.3, -0.25) is 9.59 Å². The average Bonchev–Trinajstić information content (AvgIpc) is 3.35. The summed E-state index contributed by atoms with van der Waals surface area (Å²) in [6, 6.07) is 16.5. The van der Waals surface area contributed by atoms with Crippen molar-refractivity contribution in [1.82, 2.24) is 4.57 Å². The normalized spacial score (nSPS) is 13.9. The highest BCUT2D eigenvalue weighted by atomic mass is 16.7. The van der Waals surface area contributed by atoms with Gasteiger partial charge in [0.25, 0.3) is 5.78 Å². The summed E-state index contributed by atoms with van der Waals surface area (Å²) in [6.07, 6.45) is 0. The van der Waals surface area contributed by atoms with E-state index < -0.39 is 11.8 Å². The largest absolute Gasteiger partial charge is 0.432 e. The van der Waals surface area contributed by atoms with E-state index in [0.717, 1.165) is 22.0 Å². The Morgan fingerprint density at radius 1 is 1.06 bits per heavy atom. The first-order chi connectivity index (χ1) is 16.9. The van der Waals surface area contributed by atoms with E-state index in [1.54, 1.807) is 25.3 Å². The van der Waals surface area contributed by atoms with E-state index in [2.05, 4.69) is 14.6 Å². The smallest absolute Gasteiger partial charge is 0.332 e. The Bertz CT molecular complexity index is 1560. The number of nitrogens with zero attached hydrogens (tertiary/aromatic N) is 2. The molecule has 176 valence electrons. The molecule has 1 aliphatic rings. The number of carbonyl (C=O) groups excluding carboxylic acids is 3. The van der Waals surface area contributed by atoms with Crippen LogP contribution in [0.15, 0.2) is 59.8 Å². The fourth-order valence-electron chi connectivity index (χ4n) is 4.42. The van der Waals surface area contributed by atoms with Crippen LogP contribution in [-0.4, -0.2) is 41.7 Å². The van der Waals surface area contributed by atoms with Gasteiger partial charge in [-0.05, 0) is 48.0 Å². The molecule has 0 N–H and O–H groups in total. The maximum atomic E-state index is 13.3. The second-order valence-corrected chi connectivity index (χ2v) is 8.27. The van der Waals surface area contributed by atoms with E-state index in [4.69, 9.17) is 9.47 Å². The van der Waals surface area contributed by atoms with E-state index in [1.165, 1.54) is 6.92 Å². The number of hydrogen-bond donors (Lipinski definition) is 0. The van der Waals surface area contributed by atoms with Crippen LogP contribution in [0.3, 0.4) is 0 Å². The Labute approximate surface area is 200 Å². The molecule has 0 saturated heterocycles. The Balaban J connectivity index is 1.73. The number of aryl methyl sites for hydroxylation is 1. The number of oxime groups is 1. The molecule has 0 amide bonds. The van der Waals surface area contributed by atoms with Crippen LogP contribution in [0.4, 0.5) is 0 Å². The van der Waals surface area contributed by atoms with Gasteiger partial charge in [-0.25, -0.2) is 4.79 Å². The second kappa shape index (κ2) is 8.81. The quantitative estimate of drug-likeness (QED) is 0.235. The summed E-state index contributed by atoms with van der Waals surface area (Å²) in [5, 5.41) is 5.00. The lowest BCUT2D eigenvalue weighted by Crippen LogP contribution is -2.13. The molecule has 0 saturated carbocycles. The maximum absolute atomic E-state index is 13.3. The van der Waals surface area contributed by atoms with Crippen LogP contribution in [-0.2, 0) is 20.9 Å². The third-order valence-electron chi connectivity index (χ3n) is 6.05. The summed E-state index contributed by atoms with van der Waals surface area (Å²) < 4.78 is 13.2. The van der Waals surface area contributed by atoms with Gasteiger partial charge in [-0.2, -0.15) is 0 Å². The van der Waals surface area contributed by atoms with Crippen LogP contribution < -0.4 is 4.74 Å². The van der Waals surface area contributed by atoms with Crippen molar-refractivity contribution < 1.29 is 28.7 Å². The molecule has 4 aromatic rings. The fraction of sp³-hybridized carbons (Fsp3) is 0.185. The molecule has 2 heterocycles. The fourth-order valence-corrected chi connectivity index (χ4v) is 4.42. The lowest BCUT2D eigenvalue weighted by Gasteiger charge is -2.08. The number of hydrogen-bond acceptors (Lipinski definition) is 7. The van der Waals surface area contributed by atoms with Crippen LogP contribution >= 0.6 is 0 Å². The van der Waals surface area contributed by atoms with Crippen LogP contribution in [0, 0.1) is 6.92 Å². The first kappa shape index (κ1) is 22.5. The Morgan fingerprint density at radius 3 is 2.57 bits per heavy atom. The molecule has 5 rings (SSSR count). The highest BCUT2D eigenvalue weighted by Gasteiger charge is 2.33. The molecule has 3 aromatic carbocycles. The molecule has 35 heavy (non-hydrogen) atoms. The van der Waals surface area contributed by atoms with Gasteiger partial charge in [-0.1, -0.05) is 24.3 Å². The molecule has 0 aliphatic carbocycles. The van der Waals surface area contributed by atoms with E-state index in [0.29, 0.717) is 41.0 Å². The number of aromatic nitrogens is 1. The lowest BCUT2D eigenvalue weighted by molar-refractivity contribution is -0.141. The van der Waals surface area contributed by atoms with Gasteiger partial charge in [0.1, 0.15) is 0 Å². The Morgan fingerprint density at radius 2 is 1.83 bits per heavy atom. The summed E-state index contributed by atoms with van der Waals surface area (Å²) in [5.41, 5.74) is 4.04. The molecule has 0 fully saturated rings. The molecule has 0 radical (unpaired) electrons. The second-order valence-electron chi connectivity index (χ2n) is 8.27. The molecule has 8 heteroatoms. The topological polar surface area (TPSA) is 96.2 Å². The number of benzene rings is 3. The highest BCUT2D eigenvalue weighted by Crippen LogP contribution is 2.41. The lowest BCUT2D eigenvalue weighted by atomic mass is 9.97. The Hall–Kier alpha value is -4.30. The van der Waals surface area contributed by atoms with Crippen molar-refractivity contribution >= 4 is 45.2 Å². The van der Waals surface area contributed by atoms with Crippen LogP contribution in [0.5, 0.6) is 5.75 Å². The number of ether oxygens (including phenoxy) is 2. The molecule has 1 aromatic heterocycles. The molecule has 8 nitrogen and oxygen atoms in total. The zero-order valence-corrected chi connectivity index (χ0v) is 19.5. The number of ketones is 2. The molecule has 0 spiro atoms. The average molecular weight is 470 g/mol. The van der Waals surface area contributed by atoms with Crippen molar-refractivity contribution in [1.29, 1.82) is 0 Å². The molecular formula is C27H22N2O6. The van der Waals surface area contributed by atoms with Crippen molar-refractivity contribution in [2.75, 3.05) is 13.7 Å². The van der Waals surface area contributed by atoms with Crippen LogP contribution in [0.1, 0.15) is 38.8 Å². The predicted molar refractivity (Wildman–Crippen MR) is 130 cm³/mol. The maximum Gasteiger partial charge on any atom is 0.332 e. The number of rotatable bonds is 6. The summed E-state index contributed by atoms with van der Waals surface area (Å²) in [5.74, 6) is -1.23. The van der Waals surface area contributed by atoms with Crippen molar-refractivity contribution in [2.24, 2.45) is 5.16 Å². The summed E-state index contributed by atoms with van der Waals surface area (Å²) in [7, 11) is 1.63. The van der Waals surface area contributed by atoms with Gasteiger partial charge < -0.3 is 18.9 Å². The highest BCUT2D eigenvalue weighted by molar-refractivity contribution is 6.47. The Kier molecular flexibility index (Phi) is 5.66. The van der Waals surface area contributed by atoms with Gasteiger partial charge in [0.05, 0.1) is 23.1 Å². The van der Waals surface area contributed by atoms with Gasteiger partial charge in [0, 0.05) is 42.6 Å². The first-order valence-corrected chi connectivity index (χ1v) is 11.1. The molecule has 1 aliphatic heterocycles. The first-order valence-electron chi connectivity index (χ1n) is 11.1. The van der Waals surface area contributed by atoms with Crippen molar-refractivity contribution in [3.63, 3.8) is 0 Å². The zero-order valence-electron chi connectivity index (χ0n) is 19.5. The van der Waals surface area contributed by atoms with Crippen LogP contribution in [0.25, 0.3) is 21.8 Å². The van der Waals surface area contributed by atoms with Gasteiger partial charge in [-0.15, -0.1) is 0 Å². The SMILES string of the molecule is COCCn1c2ccc(C(=O)c3ccccc3C)cc2c2c3c(ccc21)C(=O)/C(=N/OC(C)=O)O3. The minimum Gasteiger partial charge on any atom is -0.432 e. The molecule has 0 unspecified atom stereocenters. The summed E-state index contributed by atoms with van der Waals surface area (Å²) >= 11 is 0. The third kappa shape index (κ3) is 3.77. The predicted octanol–water partition coefficient (Wildman–Crippen LogP) is 4.43. The minimum absolute atomic E-state index is 0.0931. The summed E-state index contributed by atoms with van der Waals surface area (Å²) in [6.45, 7) is 4.12. The van der Waals surface area contributed by atoms with Crippen molar-refractivity contribution in [3.05, 3.63) is 76.9 Å². The summed E-state index contributed by atoms with van der Waals surface area (Å²) in [4.78, 5) is 42.0.